The van der Waals surface area contributed by atoms with Gasteiger partial charge in [-0.3, -0.25) is 9.59 Å². The fourth-order valence-electron chi connectivity index (χ4n) is 1.69. The fraction of sp³-hybridized carbons (Fsp3) is 0.400. The SMILES string of the molecule is CCOC(=O)C(C(=O)OCC)c1ccc(OCC#N)cc1. The summed E-state index contributed by atoms with van der Waals surface area (Å²) in [6.45, 7) is 3.62. The zero-order valence-corrected chi connectivity index (χ0v) is 12.0. The van der Waals surface area contributed by atoms with Gasteiger partial charge < -0.3 is 14.2 Å². The van der Waals surface area contributed by atoms with Crippen LogP contribution in [0.2, 0.25) is 0 Å². The molecule has 0 aromatic heterocycles. The van der Waals surface area contributed by atoms with E-state index in [2.05, 4.69) is 0 Å². The van der Waals surface area contributed by atoms with Crippen LogP contribution in [0.3, 0.4) is 0 Å². The Morgan fingerprint density at radius 1 is 1.10 bits per heavy atom. The van der Waals surface area contributed by atoms with Crippen LogP contribution in [0.5, 0.6) is 5.75 Å². The molecule has 0 spiro atoms. The maximum atomic E-state index is 11.9. The van der Waals surface area contributed by atoms with Crippen molar-refractivity contribution in [2.24, 2.45) is 0 Å². The van der Waals surface area contributed by atoms with Crippen molar-refractivity contribution in [3.63, 3.8) is 0 Å². The summed E-state index contributed by atoms with van der Waals surface area (Å²) in [7, 11) is 0. The van der Waals surface area contributed by atoms with Crippen molar-refractivity contribution in [2.75, 3.05) is 19.8 Å². The predicted molar refractivity (Wildman–Crippen MR) is 73.6 cm³/mol. The molecular weight excluding hydrogens is 274 g/mol. The van der Waals surface area contributed by atoms with Crippen molar-refractivity contribution in [3.8, 4) is 11.8 Å². The van der Waals surface area contributed by atoms with E-state index in [9.17, 15) is 9.59 Å². The summed E-state index contributed by atoms with van der Waals surface area (Å²) in [6.07, 6.45) is 0. The fourth-order valence-corrected chi connectivity index (χ4v) is 1.69. The number of esters is 2. The Balaban J connectivity index is 2.94. The van der Waals surface area contributed by atoms with Gasteiger partial charge in [0.15, 0.2) is 12.5 Å². The Bertz CT molecular complexity index is 500. The standard InChI is InChI=1S/C15H17NO5/c1-3-19-14(17)13(15(18)20-4-2)11-5-7-12(8-6-11)21-10-9-16/h5-8,13H,3-4,10H2,1-2H3. The lowest BCUT2D eigenvalue weighted by Gasteiger charge is -2.15. The molecule has 6 heteroatoms. The van der Waals surface area contributed by atoms with Crippen molar-refractivity contribution in [1.29, 1.82) is 5.26 Å². The Hall–Kier alpha value is -2.55. The molecule has 0 N–H and O–H groups in total. The third kappa shape index (κ3) is 4.80. The first-order valence-corrected chi connectivity index (χ1v) is 6.57. The van der Waals surface area contributed by atoms with Crippen LogP contribution in [0.25, 0.3) is 0 Å². The molecule has 1 rings (SSSR count). The van der Waals surface area contributed by atoms with Gasteiger partial charge >= 0.3 is 11.9 Å². The number of carbonyl (C=O) groups excluding carboxylic acids is 2. The van der Waals surface area contributed by atoms with Crippen LogP contribution in [-0.4, -0.2) is 31.8 Å². The molecule has 1 aromatic carbocycles. The Morgan fingerprint density at radius 3 is 2.05 bits per heavy atom. The number of carbonyl (C=O) groups is 2. The summed E-state index contributed by atoms with van der Waals surface area (Å²) in [5.41, 5.74) is 0.455. The second-order valence-electron chi connectivity index (χ2n) is 3.95. The van der Waals surface area contributed by atoms with Gasteiger partial charge in [0.2, 0.25) is 0 Å². The molecule has 21 heavy (non-hydrogen) atoms. The van der Waals surface area contributed by atoms with Gasteiger partial charge in [-0.2, -0.15) is 5.26 Å². The maximum Gasteiger partial charge on any atom is 0.324 e. The second-order valence-corrected chi connectivity index (χ2v) is 3.95. The van der Waals surface area contributed by atoms with Gasteiger partial charge in [0, 0.05) is 0 Å². The molecular formula is C15H17NO5. The van der Waals surface area contributed by atoms with E-state index in [0.717, 1.165) is 0 Å². The highest BCUT2D eigenvalue weighted by molar-refractivity contribution is 6.00. The lowest BCUT2D eigenvalue weighted by Crippen LogP contribution is -2.26. The number of hydrogen-bond acceptors (Lipinski definition) is 6. The van der Waals surface area contributed by atoms with E-state index in [4.69, 9.17) is 19.5 Å². The van der Waals surface area contributed by atoms with Crippen LogP contribution in [0.4, 0.5) is 0 Å². The van der Waals surface area contributed by atoms with Crippen molar-refractivity contribution < 1.29 is 23.8 Å². The lowest BCUT2D eigenvalue weighted by molar-refractivity contribution is -0.156. The minimum Gasteiger partial charge on any atom is -0.479 e. The predicted octanol–water partition coefficient (Wildman–Crippen LogP) is 1.80. The molecule has 0 amide bonds. The van der Waals surface area contributed by atoms with E-state index in [1.807, 2.05) is 6.07 Å². The van der Waals surface area contributed by atoms with Gasteiger partial charge in [-0.1, -0.05) is 12.1 Å². The first kappa shape index (κ1) is 16.5. The zero-order chi connectivity index (χ0) is 15.7. The average molecular weight is 291 g/mol. The van der Waals surface area contributed by atoms with E-state index in [1.54, 1.807) is 38.1 Å². The van der Waals surface area contributed by atoms with E-state index >= 15 is 0 Å². The zero-order valence-electron chi connectivity index (χ0n) is 12.0. The van der Waals surface area contributed by atoms with Crippen molar-refractivity contribution >= 4 is 11.9 Å². The van der Waals surface area contributed by atoms with Crippen molar-refractivity contribution in [2.45, 2.75) is 19.8 Å². The summed E-state index contributed by atoms with van der Waals surface area (Å²) in [6, 6.07) is 8.17. The van der Waals surface area contributed by atoms with E-state index < -0.39 is 17.9 Å². The highest BCUT2D eigenvalue weighted by atomic mass is 16.6. The third-order valence-corrected chi connectivity index (χ3v) is 2.56. The molecule has 0 unspecified atom stereocenters. The molecule has 1 aromatic rings. The molecule has 0 aliphatic rings. The molecule has 0 aliphatic heterocycles. The summed E-state index contributed by atoms with van der Waals surface area (Å²) in [5.74, 6) is -1.94. The number of nitrogens with zero attached hydrogens (tertiary/aromatic N) is 1. The van der Waals surface area contributed by atoms with Crippen molar-refractivity contribution in [1.82, 2.24) is 0 Å². The van der Waals surface area contributed by atoms with E-state index in [1.165, 1.54) is 0 Å². The average Bonchev–Trinajstić information content (AvgIpc) is 2.47. The molecule has 0 heterocycles. The van der Waals surface area contributed by atoms with Gasteiger partial charge in [-0.05, 0) is 31.5 Å². The molecule has 0 saturated carbocycles. The number of ether oxygens (including phenoxy) is 3. The first-order valence-electron chi connectivity index (χ1n) is 6.57. The van der Waals surface area contributed by atoms with Gasteiger partial charge in [0.1, 0.15) is 11.8 Å². The lowest BCUT2D eigenvalue weighted by atomic mass is 9.99. The molecule has 0 bridgehead atoms. The van der Waals surface area contributed by atoms with Crippen LogP contribution in [-0.2, 0) is 19.1 Å². The largest absolute Gasteiger partial charge is 0.479 e. The molecule has 0 saturated heterocycles. The molecule has 112 valence electrons. The van der Waals surface area contributed by atoms with Gasteiger partial charge in [-0.25, -0.2) is 0 Å². The Kier molecular flexibility index (Phi) is 6.75. The maximum absolute atomic E-state index is 11.9. The van der Waals surface area contributed by atoms with Crippen LogP contribution in [0.1, 0.15) is 25.3 Å². The summed E-state index contributed by atoms with van der Waals surface area (Å²) >= 11 is 0. The highest BCUT2D eigenvalue weighted by Gasteiger charge is 2.31. The third-order valence-electron chi connectivity index (χ3n) is 2.56. The number of hydrogen-bond donors (Lipinski definition) is 0. The van der Waals surface area contributed by atoms with Gasteiger partial charge in [0.25, 0.3) is 0 Å². The highest BCUT2D eigenvalue weighted by Crippen LogP contribution is 2.22. The smallest absolute Gasteiger partial charge is 0.324 e. The number of rotatable bonds is 7. The van der Waals surface area contributed by atoms with Gasteiger partial charge in [0.05, 0.1) is 13.2 Å². The number of nitriles is 1. The second kappa shape index (κ2) is 8.59. The number of benzene rings is 1. The quantitative estimate of drug-likeness (QED) is 0.562. The van der Waals surface area contributed by atoms with Crippen LogP contribution < -0.4 is 4.74 Å². The van der Waals surface area contributed by atoms with E-state index in [-0.39, 0.29) is 19.8 Å². The molecule has 6 nitrogen and oxygen atoms in total. The molecule has 0 radical (unpaired) electrons. The summed E-state index contributed by atoms with van der Waals surface area (Å²) in [4.78, 5) is 23.8. The first-order chi connectivity index (χ1) is 10.1. The van der Waals surface area contributed by atoms with Crippen LogP contribution in [0, 0.1) is 11.3 Å². The van der Waals surface area contributed by atoms with Gasteiger partial charge in [-0.15, -0.1) is 0 Å². The molecule has 0 aliphatic carbocycles. The summed E-state index contributed by atoms with van der Waals surface area (Å²) < 4.78 is 14.9. The van der Waals surface area contributed by atoms with Crippen molar-refractivity contribution in [3.05, 3.63) is 29.8 Å². The van der Waals surface area contributed by atoms with E-state index in [0.29, 0.717) is 11.3 Å². The molecule has 0 atom stereocenters. The summed E-state index contributed by atoms with van der Waals surface area (Å²) in [5, 5.41) is 8.44. The van der Waals surface area contributed by atoms with Crippen LogP contribution >= 0.6 is 0 Å². The Morgan fingerprint density at radius 2 is 1.62 bits per heavy atom. The normalized spacial score (nSPS) is 9.81. The topological polar surface area (TPSA) is 85.6 Å². The Labute approximate surface area is 123 Å². The molecule has 0 fully saturated rings. The minimum absolute atomic E-state index is 0.0709. The van der Waals surface area contributed by atoms with Crippen LogP contribution in [0.15, 0.2) is 24.3 Å². The monoisotopic (exact) mass is 291 g/mol. The minimum atomic E-state index is -1.12.